The third-order valence-electron chi connectivity index (χ3n) is 4.58. The number of methoxy groups -OCH3 is 1. The molecule has 2 N–H and O–H groups in total. The van der Waals surface area contributed by atoms with Crippen LogP contribution in [0.1, 0.15) is 20.7 Å². The highest BCUT2D eigenvalue weighted by Crippen LogP contribution is 2.28. The molecule has 0 aliphatic heterocycles. The lowest BCUT2D eigenvalue weighted by molar-refractivity contribution is 0.101. The van der Waals surface area contributed by atoms with Crippen molar-refractivity contribution >= 4 is 23.2 Å². The Morgan fingerprint density at radius 2 is 1.56 bits per heavy atom. The van der Waals surface area contributed by atoms with Crippen LogP contribution in [0.25, 0.3) is 11.4 Å². The van der Waals surface area contributed by atoms with Crippen molar-refractivity contribution in [1.82, 2.24) is 15.0 Å². The molecule has 0 aliphatic carbocycles. The Hall–Kier alpha value is -4.59. The van der Waals surface area contributed by atoms with Gasteiger partial charge in [0.2, 0.25) is 0 Å². The number of pyridine rings is 1. The zero-order valence-electron chi connectivity index (χ0n) is 17.1. The molecule has 0 radical (unpaired) electrons. The van der Waals surface area contributed by atoms with Crippen molar-refractivity contribution in [2.45, 2.75) is 0 Å². The molecule has 0 unspecified atom stereocenters. The van der Waals surface area contributed by atoms with E-state index in [1.807, 2.05) is 30.3 Å². The monoisotopic (exact) mass is 425 g/mol. The summed E-state index contributed by atoms with van der Waals surface area (Å²) in [7, 11) is 1.48. The molecule has 0 bridgehead atoms. The van der Waals surface area contributed by atoms with Gasteiger partial charge in [-0.15, -0.1) is 0 Å². The first-order chi connectivity index (χ1) is 15.6. The van der Waals surface area contributed by atoms with Crippen LogP contribution in [0.2, 0.25) is 0 Å². The van der Waals surface area contributed by atoms with E-state index >= 15 is 0 Å². The summed E-state index contributed by atoms with van der Waals surface area (Å²) in [6.45, 7) is 0. The quantitative estimate of drug-likeness (QED) is 0.483. The van der Waals surface area contributed by atoms with Crippen LogP contribution in [-0.4, -0.2) is 33.9 Å². The van der Waals surface area contributed by atoms with E-state index in [9.17, 15) is 9.59 Å². The number of ether oxygens (including phenoxy) is 1. The third kappa shape index (κ3) is 4.76. The predicted molar refractivity (Wildman–Crippen MR) is 121 cm³/mol. The fourth-order valence-electron chi connectivity index (χ4n) is 2.95. The smallest absolute Gasteiger partial charge is 0.258 e. The van der Waals surface area contributed by atoms with Gasteiger partial charge < -0.3 is 15.4 Å². The number of aromatic nitrogens is 3. The van der Waals surface area contributed by atoms with Crippen LogP contribution in [0.4, 0.5) is 11.4 Å². The minimum absolute atomic E-state index is 0.316. The molecule has 158 valence electrons. The van der Waals surface area contributed by atoms with Gasteiger partial charge in [-0.1, -0.05) is 30.3 Å². The molecule has 8 nitrogen and oxygen atoms in total. The lowest BCUT2D eigenvalue weighted by Crippen LogP contribution is -2.14. The molecule has 8 heteroatoms. The van der Waals surface area contributed by atoms with Gasteiger partial charge >= 0.3 is 0 Å². The average molecular weight is 425 g/mol. The molecule has 4 aromatic rings. The molecule has 0 saturated carbocycles. The Balaban J connectivity index is 1.46. The van der Waals surface area contributed by atoms with Gasteiger partial charge in [0.05, 0.1) is 23.9 Å². The number of hydrogen-bond acceptors (Lipinski definition) is 6. The average Bonchev–Trinajstić information content (AvgIpc) is 2.86. The first-order valence-corrected chi connectivity index (χ1v) is 9.72. The summed E-state index contributed by atoms with van der Waals surface area (Å²) in [5, 5.41) is 5.56. The van der Waals surface area contributed by atoms with Crippen molar-refractivity contribution in [3.63, 3.8) is 0 Å². The number of rotatable bonds is 6. The second-order valence-electron chi connectivity index (χ2n) is 6.73. The second-order valence-corrected chi connectivity index (χ2v) is 6.73. The van der Waals surface area contributed by atoms with E-state index < -0.39 is 0 Å². The van der Waals surface area contributed by atoms with Crippen LogP contribution < -0.4 is 15.4 Å². The Kier molecular flexibility index (Phi) is 6.12. The zero-order valence-corrected chi connectivity index (χ0v) is 17.1. The van der Waals surface area contributed by atoms with Gasteiger partial charge in [-0.05, 0) is 24.3 Å². The molecule has 2 aromatic heterocycles. The van der Waals surface area contributed by atoms with Gasteiger partial charge in [0.15, 0.2) is 5.82 Å². The molecule has 32 heavy (non-hydrogen) atoms. The summed E-state index contributed by atoms with van der Waals surface area (Å²) >= 11 is 0. The molecule has 0 atom stereocenters. The van der Waals surface area contributed by atoms with E-state index in [-0.39, 0.29) is 11.8 Å². The van der Waals surface area contributed by atoms with Gasteiger partial charge in [0.25, 0.3) is 11.8 Å². The van der Waals surface area contributed by atoms with Crippen LogP contribution in [-0.2, 0) is 0 Å². The van der Waals surface area contributed by atoms with Crippen molar-refractivity contribution in [2.75, 3.05) is 17.7 Å². The summed E-state index contributed by atoms with van der Waals surface area (Å²) in [6.07, 6.45) is 6.02. The van der Waals surface area contributed by atoms with Crippen molar-refractivity contribution < 1.29 is 14.3 Å². The number of amides is 2. The van der Waals surface area contributed by atoms with E-state index in [0.29, 0.717) is 34.1 Å². The largest absolute Gasteiger partial charge is 0.494 e. The van der Waals surface area contributed by atoms with E-state index in [2.05, 4.69) is 25.6 Å². The van der Waals surface area contributed by atoms with Crippen molar-refractivity contribution in [3.05, 3.63) is 96.6 Å². The standard InChI is InChI=1S/C24H19N5O3/c1-32-21-12-19(9-10-20(21)29-23(30)17-8-5-11-25-13-17)28-24(31)18-14-26-22(27-15-18)16-6-3-2-4-7-16/h2-15H,1H3,(H,28,31)(H,29,30). The third-order valence-corrected chi connectivity index (χ3v) is 4.58. The molecule has 2 aromatic carbocycles. The normalized spacial score (nSPS) is 10.3. The summed E-state index contributed by atoms with van der Waals surface area (Å²) in [5.74, 6) is 0.260. The Labute approximate surface area is 184 Å². The first kappa shape index (κ1) is 20.7. The van der Waals surface area contributed by atoms with E-state index in [0.717, 1.165) is 5.56 Å². The SMILES string of the molecule is COc1cc(NC(=O)c2cnc(-c3ccccc3)nc2)ccc1NC(=O)c1cccnc1. The lowest BCUT2D eigenvalue weighted by atomic mass is 10.2. The second kappa shape index (κ2) is 9.48. The van der Waals surface area contributed by atoms with Crippen molar-refractivity contribution in [1.29, 1.82) is 0 Å². The molecular formula is C24H19N5O3. The van der Waals surface area contributed by atoms with E-state index in [1.165, 1.54) is 25.7 Å². The number of benzene rings is 2. The van der Waals surface area contributed by atoms with Crippen LogP contribution in [0.15, 0.2) is 85.5 Å². The van der Waals surface area contributed by atoms with Crippen LogP contribution in [0, 0.1) is 0 Å². The van der Waals surface area contributed by atoms with Gasteiger partial charge in [0.1, 0.15) is 5.75 Å². The van der Waals surface area contributed by atoms with Crippen LogP contribution in [0.3, 0.4) is 0 Å². The molecule has 0 aliphatic rings. The molecule has 0 fully saturated rings. The minimum Gasteiger partial charge on any atom is -0.494 e. The van der Waals surface area contributed by atoms with E-state index in [4.69, 9.17) is 4.74 Å². The topological polar surface area (TPSA) is 106 Å². The van der Waals surface area contributed by atoms with Crippen LogP contribution in [0.5, 0.6) is 5.75 Å². The number of carbonyl (C=O) groups is 2. The highest BCUT2D eigenvalue weighted by molar-refractivity contribution is 6.06. The highest BCUT2D eigenvalue weighted by Gasteiger charge is 2.13. The maximum absolute atomic E-state index is 12.6. The summed E-state index contributed by atoms with van der Waals surface area (Å²) in [5.41, 5.74) is 2.57. The molecular weight excluding hydrogens is 406 g/mol. The predicted octanol–water partition coefficient (Wildman–Crippen LogP) is 4.05. The minimum atomic E-state index is -0.362. The molecule has 2 amide bonds. The number of carbonyl (C=O) groups excluding carboxylic acids is 2. The highest BCUT2D eigenvalue weighted by atomic mass is 16.5. The zero-order chi connectivity index (χ0) is 22.3. The first-order valence-electron chi connectivity index (χ1n) is 9.72. The summed E-state index contributed by atoms with van der Waals surface area (Å²) in [6, 6.07) is 17.8. The Bertz CT molecular complexity index is 1230. The summed E-state index contributed by atoms with van der Waals surface area (Å²) < 4.78 is 5.37. The van der Waals surface area contributed by atoms with Crippen molar-refractivity contribution in [2.24, 2.45) is 0 Å². The number of nitrogens with one attached hydrogen (secondary N) is 2. The fraction of sp³-hybridized carbons (Fsp3) is 0.0417. The summed E-state index contributed by atoms with van der Waals surface area (Å²) in [4.78, 5) is 37.5. The number of hydrogen-bond donors (Lipinski definition) is 2. The maximum atomic E-state index is 12.6. The van der Waals surface area contributed by atoms with Crippen LogP contribution >= 0.6 is 0 Å². The maximum Gasteiger partial charge on any atom is 0.258 e. The van der Waals surface area contributed by atoms with E-state index in [1.54, 1.807) is 36.5 Å². The van der Waals surface area contributed by atoms with Gasteiger partial charge in [-0.2, -0.15) is 0 Å². The molecule has 2 heterocycles. The number of nitrogens with zero attached hydrogens (tertiary/aromatic N) is 3. The molecule has 0 spiro atoms. The van der Waals surface area contributed by atoms with Gasteiger partial charge in [-0.25, -0.2) is 9.97 Å². The number of anilines is 2. The Morgan fingerprint density at radius 3 is 2.25 bits per heavy atom. The molecule has 0 saturated heterocycles. The lowest BCUT2D eigenvalue weighted by Gasteiger charge is -2.12. The van der Waals surface area contributed by atoms with Crippen molar-refractivity contribution in [3.8, 4) is 17.1 Å². The molecule has 4 rings (SSSR count). The Morgan fingerprint density at radius 1 is 0.812 bits per heavy atom. The van der Waals surface area contributed by atoms with Gasteiger partial charge in [0, 0.05) is 42.1 Å². The van der Waals surface area contributed by atoms with Gasteiger partial charge in [-0.3, -0.25) is 14.6 Å². The fourth-order valence-corrected chi connectivity index (χ4v) is 2.95.